The van der Waals surface area contributed by atoms with Gasteiger partial charge >= 0.3 is 0 Å². The van der Waals surface area contributed by atoms with Crippen LogP contribution < -0.4 is 16.0 Å². The summed E-state index contributed by atoms with van der Waals surface area (Å²) in [5.74, 6) is -1.84. The van der Waals surface area contributed by atoms with Crippen LogP contribution in [0.2, 0.25) is 0 Å². The molecule has 146 valence electrons. The van der Waals surface area contributed by atoms with E-state index in [0.29, 0.717) is 35.3 Å². The standard InChI is InChI=1S/C22H19N3O4/c23-19(26)13-5-9-15(10-6-13)24-20(27)14-7-11-16(12-8-14)25-21(28)17-3-1-2-4-18(17)22(25)29/h1-2,5-12,17-18H,3-4H2,(H2,23,26)(H,24,27). The van der Waals surface area contributed by atoms with Crippen LogP contribution >= 0.6 is 0 Å². The van der Waals surface area contributed by atoms with Crippen molar-refractivity contribution in [2.24, 2.45) is 17.6 Å². The van der Waals surface area contributed by atoms with Gasteiger partial charge in [-0.3, -0.25) is 24.1 Å². The van der Waals surface area contributed by atoms with Crippen molar-refractivity contribution < 1.29 is 19.2 Å². The monoisotopic (exact) mass is 389 g/mol. The molecule has 7 heteroatoms. The fraction of sp³-hybridized carbons (Fsp3) is 0.182. The van der Waals surface area contributed by atoms with Crippen molar-refractivity contribution in [1.82, 2.24) is 0 Å². The maximum Gasteiger partial charge on any atom is 0.255 e. The Labute approximate surface area is 167 Å². The van der Waals surface area contributed by atoms with E-state index in [1.807, 2.05) is 12.2 Å². The third-order valence-corrected chi connectivity index (χ3v) is 5.32. The molecular weight excluding hydrogens is 370 g/mol. The van der Waals surface area contributed by atoms with Crippen molar-refractivity contribution in [3.63, 3.8) is 0 Å². The Morgan fingerprint density at radius 2 is 1.34 bits per heavy atom. The van der Waals surface area contributed by atoms with Crippen LogP contribution in [0.4, 0.5) is 11.4 Å². The van der Waals surface area contributed by atoms with Crippen LogP contribution in [0, 0.1) is 11.8 Å². The molecule has 1 aliphatic heterocycles. The lowest BCUT2D eigenvalue weighted by atomic mass is 9.85. The molecule has 29 heavy (non-hydrogen) atoms. The van der Waals surface area contributed by atoms with Gasteiger partial charge < -0.3 is 11.1 Å². The lowest BCUT2D eigenvalue weighted by Gasteiger charge is -2.15. The third-order valence-electron chi connectivity index (χ3n) is 5.32. The number of primary amides is 1. The number of carbonyl (C=O) groups excluding carboxylic acids is 4. The molecule has 4 rings (SSSR count). The summed E-state index contributed by atoms with van der Waals surface area (Å²) >= 11 is 0. The second-order valence-electron chi connectivity index (χ2n) is 7.11. The first-order valence-electron chi connectivity index (χ1n) is 9.30. The van der Waals surface area contributed by atoms with Crippen LogP contribution in [0.3, 0.4) is 0 Å². The maximum atomic E-state index is 12.6. The highest BCUT2D eigenvalue weighted by molar-refractivity contribution is 6.22. The van der Waals surface area contributed by atoms with E-state index in [4.69, 9.17) is 5.73 Å². The Bertz CT molecular complexity index is 999. The molecule has 2 atom stereocenters. The van der Waals surface area contributed by atoms with E-state index in [9.17, 15) is 19.2 Å². The van der Waals surface area contributed by atoms with Crippen LogP contribution in [0.15, 0.2) is 60.7 Å². The Balaban J connectivity index is 1.47. The summed E-state index contributed by atoms with van der Waals surface area (Å²) in [7, 11) is 0. The van der Waals surface area contributed by atoms with Gasteiger partial charge in [0.2, 0.25) is 17.7 Å². The van der Waals surface area contributed by atoms with Gasteiger partial charge in [0.05, 0.1) is 17.5 Å². The number of nitrogens with one attached hydrogen (secondary N) is 1. The molecular formula is C22H19N3O4. The molecule has 7 nitrogen and oxygen atoms in total. The number of hydrogen-bond donors (Lipinski definition) is 2. The predicted molar refractivity (Wildman–Crippen MR) is 107 cm³/mol. The van der Waals surface area contributed by atoms with E-state index in [1.54, 1.807) is 36.4 Å². The number of fused-ring (bicyclic) bond motifs is 1. The Hall–Kier alpha value is -3.74. The Morgan fingerprint density at radius 1 is 0.828 bits per heavy atom. The highest BCUT2D eigenvalue weighted by Gasteiger charge is 2.47. The number of benzene rings is 2. The smallest absolute Gasteiger partial charge is 0.255 e. The van der Waals surface area contributed by atoms with E-state index < -0.39 is 5.91 Å². The fourth-order valence-electron chi connectivity index (χ4n) is 3.74. The van der Waals surface area contributed by atoms with Crippen molar-refractivity contribution in [2.75, 3.05) is 10.2 Å². The van der Waals surface area contributed by atoms with E-state index in [0.717, 1.165) is 0 Å². The topological polar surface area (TPSA) is 110 Å². The molecule has 0 bridgehead atoms. The number of allylic oxidation sites excluding steroid dienone is 2. The second-order valence-corrected chi connectivity index (χ2v) is 7.11. The largest absolute Gasteiger partial charge is 0.366 e. The van der Waals surface area contributed by atoms with Gasteiger partial charge in [0.1, 0.15) is 0 Å². The van der Waals surface area contributed by atoms with Gasteiger partial charge in [0, 0.05) is 16.8 Å². The van der Waals surface area contributed by atoms with Crippen molar-refractivity contribution in [1.29, 1.82) is 0 Å². The van der Waals surface area contributed by atoms with Crippen LogP contribution in [0.25, 0.3) is 0 Å². The number of anilines is 2. The number of amides is 4. The quantitative estimate of drug-likeness (QED) is 0.618. The summed E-state index contributed by atoms with van der Waals surface area (Å²) in [4.78, 5) is 50.1. The van der Waals surface area contributed by atoms with Crippen molar-refractivity contribution >= 4 is 35.0 Å². The summed E-state index contributed by atoms with van der Waals surface area (Å²) in [6, 6.07) is 12.6. The van der Waals surface area contributed by atoms with Gasteiger partial charge in [0.15, 0.2) is 0 Å². The second kappa shape index (κ2) is 7.35. The van der Waals surface area contributed by atoms with Crippen LogP contribution in [0.1, 0.15) is 33.6 Å². The zero-order chi connectivity index (χ0) is 20.5. The van der Waals surface area contributed by atoms with Gasteiger partial charge in [-0.2, -0.15) is 0 Å². The molecule has 4 amide bonds. The molecule has 3 N–H and O–H groups in total. The minimum atomic E-state index is -0.542. The first-order valence-corrected chi connectivity index (χ1v) is 9.30. The first kappa shape index (κ1) is 18.6. The van der Waals surface area contributed by atoms with Crippen molar-refractivity contribution in [2.45, 2.75) is 12.8 Å². The van der Waals surface area contributed by atoms with Crippen molar-refractivity contribution in [3.05, 3.63) is 71.8 Å². The summed E-state index contributed by atoms with van der Waals surface area (Å²) in [6.45, 7) is 0. The molecule has 0 spiro atoms. The highest BCUT2D eigenvalue weighted by atomic mass is 16.2. The molecule has 2 aromatic rings. The molecule has 1 heterocycles. The lowest BCUT2D eigenvalue weighted by Crippen LogP contribution is -2.30. The lowest BCUT2D eigenvalue weighted by molar-refractivity contribution is -0.122. The summed E-state index contributed by atoms with van der Waals surface area (Å²) < 4.78 is 0. The first-order chi connectivity index (χ1) is 14.0. The number of rotatable bonds is 4. The number of hydrogen-bond acceptors (Lipinski definition) is 4. The van der Waals surface area contributed by atoms with Crippen LogP contribution in [-0.4, -0.2) is 23.6 Å². The Morgan fingerprint density at radius 3 is 1.86 bits per heavy atom. The zero-order valence-electron chi connectivity index (χ0n) is 15.5. The third kappa shape index (κ3) is 3.42. The molecule has 2 aliphatic rings. The van der Waals surface area contributed by atoms with Crippen LogP contribution in [-0.2, 0) is 9.59 Å². The van der Waals surface area contributed by atoms with Crippen molar-refractivity contribution in [3.8, 4) is 0 Å². The molecule has 0 aromatic heterocycles. The van der Waals surface area contributed by atoms with Gasteiger partial charge in [0.25, 0.3) is 5.91 Å². The highest BCUT2D eigenvalue weighted by Crippen LogP contribution is 2.37. The molecule has 1 saturated heterocycles. The predicted octanol–water partition coefficient (Wildman–Crippen LogP) is 2.49. The molecule has 1 aliphatic carbocycles. The van der Waals surface area contributed by atoms with E-state index in [-0.39, 0.29) is 29.6 Å². The van der Waals surface area contributed by atoms with Gasteiger partial charge in [-0.1, -0.05) is 12.2 Å². The molecule has 0 saturated carbocycles. The average molecular weight is 389 g/mol. The summed E-state index contributed by atoms with van der Waals surface area (Å²) in [5.41, 5.74) is 6.92. The number of carbonyl (C=O) groups is 4. The average Bonchev–Trinajstić information content (AvgIpc) is 2.99. The van der Waals surface area contributed by atoms with E-state index >= 15 is 0 Å². The Kier molecular flexibility index (Phi) is 4.72. The number of imide groups is 1. The molecule has 1 fully saturated rings. The molecule has 2 aromatic carbocycles. The number of nitrogens with zero attached hydrogens (tertiary/aromatic N) is 1. The fourth-order valence-corrected chi connectivity index (χ4v) is 3.74. The van der Waals surface area contributed by atoms with Gasteiger partial charge in [-0.25, -0.2) is 0 Å². The van der Waals surface area contributed by atoms with Gasteiger partial charge in [-0.05, 0) is 61.4 Å². The number of nitrogens with two attached hydrogens (primary N) is 1. The SMILES string of the molecule is NC(=O)c1ccc(NC(=O)c2ccc(N3C(=O)C4CC=CCC4C3=O)cc2)cc1. The molecule has 0 radical (unpaired) electrons. The normalized spacial score (nSPS) is 20.5. The summed E-state index contributed by atoms with van der Waals surface area (Å²) in [6.07, 6.45) is 5.06. The maximum absolute atomic E-state index is 12.6. The van der Waals surface area contributed by atoms with Crippen LogP contribution in [0.5, 0.6) is 0 Å². The zero-order valence-corrected chi connectivity index (χ0v) is 15.5. The van der Waals surface area contributed by atoms with E-state index in [2.05, 4.69) is 5.32 Å². The van der Waals surface area contributed by atoms with Gasteiger partial charge in [-0.15, -0.1) is 0 Å². The minimum Gasteiger partial charge on any atom is -0.366 e. The minimum absolute atomic E-state index is 0.184. The molecule has 2 unspecified atom stereocenters. The summed E-state index contributed by atoms with van der Waals surface area (Å²) in [5, 5.41) is 2.72. The van der Waals surface area contributed by atoms with E-state index in [1.165, 1.54) is 17.0 Å².